The summed E-state index contributed by atoms with van der Waals surface area (Å²) >= 11 is 0. The van der Waals surface area contributed by atoms with Gasteiger partial charge >= 0.3 is 0 Å². The highest BCUT2D eigenvalue weighted by Gasteiger charge is 2.21. The third-order valence-corrected chi connectivity index (χ3v) is 5.05. The van der Waals surface area contributed by atoms with E-state index in [4.69, 9.17) is 9.47 Å². The molecule has 0 saturated heterocycles. The number of nitrogens with zero attached hydrogens (tertiary/aromatic N) is 1. The van der Waals surface area contributed by atoms with Crippen molar-refractivity contribution in [3.8, 4) is 11.5 Å². The molecule has 29 heavy (non-hydrogen) atoms. The van der Waals surface area contributed by atoms with Crippen molar-refractivity contribution in [3.05, 3.63) is 54.1 Å². The van der Waals surface area contributed by atoms with E-state index in [1.54, 1.807) is 24.3 Å². The standard InChI is InChI=1S/C21H28N2O5S/c1-5-27-20-12-7-6-9-17(20)14-22-21(24)15-23(29(4,25)26)18-10-8-11-19(13-18)28-16(2)3/h6-13,16H,5,14-15H2,1-4H3,(H,22,24). The smallest absolute Gasteiger partial charge is 0.241 e. The van der Waals surface area contributed by atoms with Crippen molar-refractivity contribution < 1.29 is 22.7 Å². The first-order valence-electron chi connectivity index (χ1n) is 9.42. The number of amides is 1. The minimum Gasteiger partial charge on any atom is -0.494 e. The Labute approximate surface area is 172 Å². The summed E-state index contributed by atoms with van der Waals surface area (Å²) in [5, 5.41) is 2.76. The number of ether oxygens (including phenoxy) is 2. The summed E-state index contributed by atoms with van der Waals surface area (Å²) in [4.78, 5) is 12.5. The molecule has 7 nitrogen and oxygen atoms in total. The van der Waals surface area contributed by atoms with Gasteiger partial charge in [0.1, 0.15) is 18.0 Å². The third-order valence-electron chi connectivity index (χ3n) is 3.91. The lowest BCUT2D eigenvalue weighted by atomic mass is 10.2. The SMILES string of the molecule is CCOc1ccccc1CNC(=O)CN(c1cccc(OC(C)C)c1)S(C)(=O)=O. The number of nitrogens with one attached hydrogen (secondary N) is 1. The molecule has 0 spiro atoms. The first-order valence-corrected chi connectivity index (χ1v) is 11.3. The minimum absolute atomic E-state index is 0.0503. The van der Waals surface area contributed by atoms with Crippen molar-refractivity contribution in [2.24, 2.45) is 0 Å². The van der Waals surface area contributed by atoms with Gasteiger partial charge in [-0.15, -0.1) is 0 Å². The predicted octanol–water partition coefficient (Wildman–Crippen LogP) is 2.95. The van der Waals surface area contributed by atoms with E-state index in [1.165, 1.54) is 0 Å². The summed E-state index contributed by atoms with van der Waals surface area (Å²) in [6, 6.07) is 14.1. The van der Waals surface area contributed by atoms with Gasteiger partial charge in [-0.05, 0) is 39.0 Å². The summed E-state index contributed by atoms with van der Waals surface area (Å²) in [6.07, 6.45) is 1.02. The Kier molecular flexibility index (Phi) is 7.90. The summed E-state index contributed by atoms with van der Waals surface area (Å²) in [6.45, 7) is 6.07. The van der Waals surface area contributed by atoms with Gasteiger partial charge in [0.05, 0.1) is 24.7 Å². The van der Waals surface area contributed by atoms with Gasteiger partial charge in [0.2, 0.25) is 15.9 Å². The normalized spacial score (nSPS) is 11.2. The molecule has 1 amide bonds. The molecule has 0 aliphatic heterocycles. The van der Waals surface area contributed by atoms with Gasteiger partial charge in [0, 0.05) is 18.2 Å². The van der Waals surface area contributed by atoms with E-state index in [2.05, 4.69) is 5.32 Å². The van der Waals surface area contributed by atoms with Crippen LogP contribution in [-0.2, 0) is 21.4 Å². The van der Waals surface area contributed by atoms with Crippen LogP contribution >= 0.6 is 0 Å². The molecule has 1 N–H and O–H groups in total. The van der Waals surface area contributed by atoms with Crippen LogP contribution in [0.2, 0.25) is 0 Å². The van der Waals surface area contributed by atoms with Crippen LogP contribution in [0.25, 0.3) is 0 Å². The fourth-order valence-corrected chi connectivity index (χ4v) is 3.56. The Morgan fingerprint density at radius 1 is 1.14 bits per heavy atom. The molecule has 0 unspecified atom stereocenters. The quantitative estimate of drug-likeness (QED) is 0.639. The number of carbonyl (C=O) groups excluding carboxylic acids is 1. The Bertz CT molecular complexity index is 928. The molecule has 0 bridgehead atoms. The lowest BCUT2D eigenvalue weighted by Gasteiger charge is -2.23. The summed E-state index contributed by atoms with van der Waals surface area (Å²) in [5.74, 6) is 0.808. The lowest BCUT2D eigenvalue weighted by molar-refractivity contribution is -0.119. The van der Waals surface area contributed by atoms with Gasteiger partial charge < -0.3 is 14.8 Å². The van der Waals surface area contributed by atoms with E-state index >= 15 is 0 Å². The maximum atomic E-state index is 12.5. The Morgan fingerprint density at radius 3 is 2.52 bits per heavy atom. The largest absolute Gasteiger partial charge is 0.494 e. The fourth-order valence-electron chi connectivity index (χ4n) is 2.71. The average molecular weight is 421 g/mol. The molecule has 2 aromatic rings. The lowest BCUT2D eigenvalue weighted by Crippen LogP contribution is -2.40. The van der Waals surface area contributed by atoms with Gasteiger partial charge in [0.25, 0.3) is 0 Å². The third kappa shape index (κ3) is 6.98. The van der Waals surface area contributed by atoms with Crippen LogP contribution in [0.3, 0.4) is 0 Å². The zero-order chi connectivity index (χ0) is 21.4. The molecular weight excluding hydrogens is 392 g/mol. The Balaban J connectivity index is 2.12. The van der Waals surface area contributed by atoms with Gasteiger partial charge in [-0.2, -0.15) is 0 Å². The molecule has 2 rings (SSSR count). The topological polar surface area (TPSA) is 84.9 Å². The van der Waals surface area contributed by atoms with Crippen molar-refractivity contribution in [2.45, 2.75) is 33.4 Å². The van der Waals surface area contributed by atoms with E-state index in [-0.39, 0.29) is 19.2 Å². The zero-order valence-electron chi connectivity index (χ0n) is 17.2. The molecule has 0 aromatic heterocycles. The summed E-state index contributed by atoms with van der Waals surface area (Å²) in [5.41, 5.74) is 1.19. The molecule has 0 radical (unpaired) electrons. The minimum atomic E-state index is -3.67. The van der Waals surface area contributed by atoms with Crippen molar-refractivity contribution in [1.29, 1.82) is 0 Å². The molecule has 8 heteroatoms. The average Bonchev–Trinajstić information content (AvgIpc) is 2.64. The van der Waals surface area contributed by atoms with Gasteiger partial charge in [-0.1, -0.05) is 24.3 Å². The van der Waals surface area contributed by atoms with Crippen molar-refractivity contribution in [2.75, 3.05) is 23.7 Å². The number of benzene rings is 2. The molecule has 0 aliphatic rings. The van der Waals surface area contributed by atoms with Crippen LogP contribution in [-0.4, -0.2) is 39.8 Å². The van der Waals surface area contributed by atoms with Crippen LogP contribution in [0.5, 0.6) is 11.5 Å². The van der Waals surface area contributed by atoms with Crippen molar-refractivity contribution in [1.82, 2.24) is 5.32 Å². The van der Waals surface area contributed by atoms with Crippen molar-refractivity contribution >= 4 is 21.6 Å². The molecule has 0 heterocycles. The number of hydrogen-bond donors (Lipinski definition) is 1. The number of carbonyl (C=O) groups is 1. The predicted molar refractivity (Wildman–Crippen MR) is 114 cm³/mol. The number of para-hydroxylation sites is 1. The van der Waals surface area contributed by atoms with Crippen LogP contribution in [0.1, 0.15) is 26.3 Å². The summed E-state index contributed by atoms with van der Waals surface area (Å²) < 4.78 is 36.8. The number of hydrogen-bond acceptors (Lipinski definition) is 5. The van der Waals surface area contributed by atoms with Crippen LogP contribution < -0.4 is 19.1 Å². The fraction of sp³-hybridized carbons (Fsp3) is 0.381. The van der Waals surface area contributed by atoms with E-state index < -0.39 is 15.9 Å². The van der Waals surface area contributed by atoms with E-state index in [1.807, 2.05) is 45.0 Å². The monoisotopic (exact) mass is 420 g/mol. The maximum absolute atomic E-state index is 12.5. The molecule has 2 aromatic carbocycles. The van der Waals surface area contributed by atoms with Gasteiger partial charge in [-0.3, -0.25) is 9.10 Å². The zero-order valence-corrected chi connectivity index (χ0v) is 18.0. The van der Waals surface area contributed by atoms with E-state index in [0.717, 1.165) is 16.1 Å². The van der Waals surface area contributed by atoms with Gasteiger partial charge in [-0.25, -0.2) is 8.42 Å². The Morgan fingerprint density at radius 2 is 1.86 bits per heavy atom. The highest BCUT2D eigenvalue weighted by atomic mass is 32.2. The number of sulfonamides is 1. The molecule has 0 aliphatic carbocycles. The molecular formula is C21H28N2O5S. The summed E-state index contributed by atoms with van der Waals surface area (Å²) in [7, 11) is -3.67. The van der Waals surface area contributed by atoms with E-state index in [0.29, 0.717) is 23.8 Å². The second-order valence-electron chi connectivity index (χ2n) is 6.75. The van der Waals surface area contributed by atoms with Crippen molar-refractivity contribution in [3.63, 3.8) is 0 Å². The number of rotatable bonds is 10. The first-order chi connectivity index (χ1) is 13.7. The maximum Gasteiger partial charge on any atom is 0.241 e. The highest BCUT2D eigenvalue weighted by Crippen LogP contribution is 2.24. The Hall–Kier alpha value is -2.74. The van der Waals surface area contributed by atoms with E-state index in [9.17, 15) is 13.2 Å². The van der Waals surface area contributed by atoms with Crippen LogP contribution in [0.4, 0.5) is 5.69 Å². The second kappa shape index (κ2) is 10.2. The molecule has 0 saturated carbocycles. The molecule has 0 fully saturated rings. The highest BCUT2D eigenvalue weighted by molar-refractivity contribution is 7.92. The molecule has 0 atom stereocenters. The van der Waals surface area contributed by atoms with Crippen LogP contribution in [0.15, 0.2) is 48.5 Å². The first kappa shape index (κ1) is 22.5. The van der Waals surface area contributed by atoms with Gasteiger partial charge in [0.15, 0.2) is 0 Å². The molecule has 158 valence electrons. The second-order valence-corrected chi connectivity index (χ2v) is 8.66. The number of anilines is 1. The van der Waals surface area contributed by atoms with Crippen LogP contribution in [0, 0.1) is 0 Å².